The van der Waals surface area contributed by atoms with E-state index in [1.54, 1.807) is 6.07 Å². The van der Waals surface area contributed by atoms with Crippen molar-refractivity contribution < 1.29 is 13.2 Å². The molecule has 0 saturated carbocycles. The van der Waals surface area contributed by atoms with Crippen molar-refractivity contribution in [2.75, 3.05) is 7.05 Å². The number of hydrogen-bond acceptors (Lipinski definition) is 2. The predicted octanol–water partition coefficient (Wildman–Crippen LogP) is 2.86. The van der Waals surface area contributed by atoms with E-state index in [9.17, 15) is 8.78 Å². The van der Waals surface area contributed by atoms with Crippen LogP contribution in [0.5, 0.6) is 0 Å². The molecule has 1 N–H and O–H groups in total. The van der Waals surface area contributed by atoms with Gasteiger partial charge in [-0.05, 0) is 38.1 Å². The molecular formula is C12H13F2NO. The van der Waals surface area contributed by atoms with Gasteiger partial charge >= 0.3 is 0 Å². The van der Waals surface area contributed by atoms with Gasteiger partial charge in [-0.1, -0.05) is 0 Å². The number of rotatable bonds is 3. The minimum Gasteiger partial charge on any atom is -0.458 e. The monoisotopic (exact) mass is 225 g/mol. The summed E-state index contributed by atoms with van der Waals surface area (Å²) in [5, 5.41) is 3.26. The van der Waals surface area contributed by atoms with E-state index in [0.717, 1.165) is 11.8 Å². The minimum absolute atomic E-state index is 0.0154. The molecule has 0 unspecified atom stereocenters. The van der Waals surface area contributed by atoms with Gasteiger partial charge in [0.2, 0.25) is 0 Å². The van der Waals surface area contributed by atoms with Crippen molar-refractivity contribution in [3.05, 3.63) is 35.6 Å². The maximum absolute atomic E-state index is 13.5. The molecule has 2 rings (SSSR count). The van der Waals surface area contributed by atoms with E-state index in [4.69, 9.17) is 4.42 Å². The molecule has 0 aliphatic rings. The van der Waals surface area contributed by atoms with Crippen LogP contribution in [0.1, 0.15) is 12.5 Å². The highest BCUT2D eigenvalue weighted by molar-refractivity contribution is 5.79. The number of nitrogens with one attached hydrogen (secondary N) is 1. The van der Waals surface area contributed by atoms with Crippen LogP contribution >= 0.6 is 0 Å². The summed E-state index contributed by atoms with van der Waals surface area (Å²) in [5.74, 6) is -1.03. The highest BCUT2D eigenvalue weighted by atomic mass is 19.1. The van der Waals surface area contributed by atoms with Crippen molar-refractivity contribution in [1.82, 2.24) is 5.32 Å². The standard InChI is InChI=1S/C12H13F2NO/c1-7(15-2)3-8-4-9-11(14)6-16-12(9)10(13)5-8/h4-7,15H,3H2,1-2H3/t7-/m1/s1. The van der Waals surface area contributed by atoms with Gasteiger partial charge in [-0.3, -0.25) is 0 Å². The zero-order valence-electron chi connectivity index (χ0n) is 9.18. The number of fused-ring (bicyclic) bond motifs is 1. The first-order valence-corrected chi connectivity index (χ1v) is 5.14. The summed E-state index contributed by atoms with van der Waals surface area (Å²) in [7, 11) is 1.83. The SMILES string of the molecule is CN[C@H](C)Cc1cc(F)c2occ(F)c2c1. The maximum Gasteiger partial charge on any atom is 0.172 e. The van der Waals surface area contributed by atoms with E-state index in [1.807, 2.05) is 14.0 Å². The Hall–Kier alpha value is -1.42. The number of hydrogen-bond donors (Lipinski definition) is 1. The van der Waals surface area contributed by atoms with Gasteiger partial charge in [-0.25, -0.2) is 8.78 Å². The Morgan fingerprint density at radius 1 is 1.31 bits per heavy atom. The lowest BCUT2D eigenvalue weighted by molar-refractivity contribution is 0.535. The van der Waals surface area contributed by atoms with E-state index in [0.29, 0.717) is 6.42 Å². The van der Waals surface area contributed by atoms with Gasteiger partial charge in [0.1, 0.15) is 6.26 Å². The summed E-state index contributed by atoms with van der Waals surface area (Å²) in [6.07, 6.45) is 1.58. The van der Waals surface area contributed by atoms with E-state index in [-0.39, 0.29) is 17.0 Å². The molecular weight excluding hydrogens is 212 g/mol. The first kappa shape index (κ1) is 11.1. The second-order valence-electron chi connectivity index (χ2n) is 3.93. The molecule has 86 valence electrons. The molecule has 0 fully saturated rings. The van der Waals surface area contributed by atoms with Crippen LogP contribution in [0.4, 0.5) is 8.78 Å². The van der Waals surface area contributed by atoms with Crippen LogP contribution in [-0.2, 0) is 6.42 Å². The minimum atomic E-state index is -0.520. The summed E-state index contributed by atoms with van der Waals surface area (Å²) in [6, 6.07) is 3.23. The molecule has 1 heterocycles. The third-order valence-electron chi connectivity index (χ3n) is 2.68. The fourth-order valence-corrected chi connectivity index (χ4v) is 1.69. The van der Waals surface area contributed by atoms with Gasteiger partial charge < -0.3 is 9.73 Å². The lowest BCUT2D eigenvalue weighted by atomic mass is 10.1. The Kier molecular flexibility index (Phi) is 2.92. The summed E-state index contributed by atoms with van der Waals surface area (Å²) >= 11 is 0. The fraction of sp³-hybridized carbons (Fsp3) is 0.333. The van der Waals surface area contributed by atoms with E-state index >= 15 is 0 Å². The lowest BCUT2D eigenvalue weighted by Gasteiger charge is -2.09. The first-order chi connectivity index (χ1) is 7.61. The Morgan fingerprint density at radius 3 is 2.75 bits per heavy atom. The zero-order valence-corrected chi connectivity index (χ0v) is 9.18. The molecule has 2 aromatic rings. The van der Waals surface area contributed by atoms with Crippen LogP contribution in [-0.4, -0.2) is 13.1 Å². The normalized spacial score (nSPS) is 13.2. The van der Waals surface area contributed by atoms with Crippen LogP contribution < -0.4 is 5.32 Å². The third-order valence-corrected chi connectivity index (χ3v) is 2.68. The van der Waals surface area contributed by atoms with Gasteiger partial charge in [-0.2, -0.15) is 0 Å². The van der Waals surface area contributed by atoms with Crippen molar-refractivity contribution in [2.45, 2.75) is 19.4 Å². The summed E-state index contributed by atoms with van der Waals surface area (Å²) in [4.78, 5) is 0. The summed E-state index contributed by atoms with van der Waals surface area (Å²) in [6.45, 7) is 1.98. The molecule has 4 heteroatoms. The summed E-state index contributed by atoms with van der Waals surface area (Å²) < 4.78 is 31.6. The number of benzene rings is 1. The number of furan rings is 1. The van der Waals surface area contributed by atoms with Crippen molar-refractivity contribution in [2.24, 2.45) is 0 Å². The van der Waals surface area contributed by atoms with Gasteiger partial charge in [0.25, 0.3) is 0 Å². The van der Waals surface area contributed by atoms with Crippen LogP contribution in [0.3, 0.4) is 0 Å². The Labute approximate surface area is 92.2 Å². The Morgan fingerprint density at radius 2 is 2.06 bits per heavy atom. The highest BCUT2D eigenvalue weighted by Gasteiger charge is 2.12. The average molecular weight is 225 g/mol. The molecule has 0 aliphatic carbocycles. The van der Waals surface area contributed by atoms with E-state index in [2.05, 4.69) is 5.32 Å². The molecule has 1 atom stereocenters. The molecule has 0 bridgehead atoms. The molecule has 0 radical (unpaired) electrons. The second-order valence-corrected chi connectivity index (χ2v) is 3.93. The molecule has 0 amide bonds. The maximum atomic E-state index is 13.5. The van der Waals surface area contributed by atoms with Crippen molar-refractivity contribution >= 4 is 11.0 Å². The average Bonchev–Trinajstić information content (AvgIpc) is 2.61. The molecule has 1 aromatic carbocycles. The molecule has 0 saturated heterocycles. The molecule has 0 spiro atoms. The quantitative estimate of drug-likeness (QED) is 0.868. The van der Waals surface area contributed by atoms with Gasteiger partial charge in [-0.15, -0.1) is 0 Å². The first-order valence-electron chi connectivity index (χ1n) is 5.14. The third kappa shape index (κ3) is 1.93. The Balaban J connectivity index is 2.44. The van der Waals surface area contributed by atoms with Crippen LogP contribution in [0, 0.1) is 11.6 Å². The zero-order chi connectivity index (χ0) is 11.7. The van der Waals surface area contributed by atoms with Crippen molar-refractivity contribution in [3.8, 4) is 0 Å². The van der Waals surface area contributed by atoms with Gasteiger partial charge in [0.05, 0.1) is 5.39 Å². The lowest BCUT2D eigenvalue weighted by Crippen LogP contribution is -2.23. The predicted molar refractivity (Wildman–Crippen MR) is 58.4 cm³/mol. The van der Waals surface area contributed by atoms with Gasteiger partial charge in [0, 0.05) is 6.04 Å². The fourth-order valence-electron chi connectivity index (χ4n) is 1.69. The Bertz CT molecular complexity index is 507. The molecule has 16 heavy (non-hydrogen) atoms. The largest absolute Gasteiger partial charge is 0.458 e. The van der Waals surface area contributed by atoms with Crippen LogP contribution in [0.2, 0.25) is 0 Å². The smallest absolute Gasteiger partial charge is 0.172 e. The van der Waals surface area contributed by atoms with Crippen LogP contribution in [0.15, 0.2) is 22.8 Å². The second kappa shape index (κ2) is 4.22. The number of halogens is 2. The van der Waals surface area contributed by atoms with Crippen LogP contribution in [0.25, 0.3) is 11.0 Å². The summed E-state index contributed by atoms with van der Waals surface area (Å²) in [5.41, 5.74) is 0.741. The molecule has 0 aliphatic heterocycles. The molecule has 2 nitrogen and oxygen atoms in total. The number of likely N-dealkylation sites (N-methyl/N-ethyl adjacent to an activating group) is 1. The topological polar surface area (TPSA) is 25.2 Å². The van der Waals surface area contributed by atoms with E-state index < -0.39 is 11.6 Å². The molecule has 1 aromatic heterocycles. The highest BCUT2D eigenvalue weighted by Crippen LogP contribution is 2.24. The van der Waals surface area contributed by atoms with Crippen molar-refractivity contribution in [3.63, 3.8) is 0 Å². The van der Waals surface area contributed by atoms with Crippen molar-refractivity contribution in [1.29, 1.82) is 0 Å². The van der Waals surface area contributed by atoms with Gasteiger partial charge in [0.15, 0.2) is 17.2 Å². The van der Waals surface area contributed by atoms with E-state index in [1.165, 1.54) is 6.07 Å².